The lowest BCUT2D eigenvalue weighted by Gasteiger charge is -2.31. The minimum absolute atomic E-state index is 0.162. The number of nitrogens with zero attached hydrogens (tertiary/aromatic N) is 3. The second-order valence-electron chi connectivity index (χ2n) is 9.12. The zero-order chi connectivity index (χ0) is 27.2. The van der Waals surface area contributed by atoms with Gasteiger partial charge >= 0.3 is 5.97 Å². The number of amides is 1. The molecule has 2 heterocycles. The fourth-order valence-corrected chi connectivity index (χ4v) is 4.36. The first kappa shape index (κ1) is 26.7. The Balaban J connectivity index is 1.58. The molecule has 3 aromatic rings. The van der Waals surface area contributed by atoms with Gasteiger partial charge in [-0.15, -0.1) is 0 Å². The van der Waals surface area contributed by atoms with Crippen LogP contribution in [0.2, 0.25) is 0 Å². The fraction of sp³-hybridized carbons (Fsp3) is 0.357. The number of piperidine rings is 1. The summed E-state index contributed by atoms with van der Waals surface area (Å²) in [6.07, 6.45) is 2.87. The average molecular weight is 521 g/mol. The molecule has 38 heavy (non-hydrogen) atoms. The molecular weight excluding hydrogens is 488 g/mol. The van der Waals surface area contributed by atoms with E-state index in [1.54, 1.807) is 56.3 Å². The number of likely N-dealkylation sites (tertiary alicyclic amines) is 1. The van der Waals surface area contributed by atoms with Gasteiger partial charge in [0.1, 0.15) is 0 Å². The van der Waals surface area contributed by atoms with E-state index in [2.05, 4.69) is 10.4 Å². The number of benzene rings is 2. The maximum absolute atomic E-state index is 13.3. The summed E-state index contributed by atoms with van der Waals surface area (Å²) in [5.74, 6) is 0.374. The summed E-state index contributed by atoms with van der Waals surface area (Å²) in [6.45, 7) is 4.90. The number of carbonyl (C=O) groups is 2. The molecule has 0 spiro atoms. The molecule has 1 aromatic heterocycles. The van der Waals surface area contributed by atoms with Crippen molar-refractivity contribution < 1.29 is 23.8 Å². The summed E-state index contributed by atoms with van der Waals surface area (Å²) in [5, 5.41) is 7.20. The van der Waals surface area contributed by atoms with Crippen molar-refractivity contribution in [3.8, 4) is 17.2 Å². The maximum Gasteiger partial charge on any atom is 0.310 e. The molecule has 10 nitrogen and oxygen atoms in total. The van der Waals surface area contributed by atoms with Crippen molar-refractivity contribution in [1.29, 1.82) is 0 Å². The highest BCUT2D eigenvalue weighted by molar-refractivity contribution is 5.95. The first-order valence-electron chi connectivity index (χ1n) is 12.5. The van der Waals surface area contributed by atoms with Gasteiger partial charge in [0.15, 0.2) is 22.9 Å². The number of nitrogens with one attached hydrogen (secondary N) is 1. The number of methoxy groups -OCH3 is 1. The van der Waals surface area contributed by atoms with E-state index in [1.165, 1.54) is 10.9 Å². The van der Waals surface area contributed by atoms with Gasteiger partial charge in [0.05, 0.1) is 25.8 Å². The summed E-state index contributed by atoms with van der Waals surface area (Å²) >= 11 is 0. The van der Waals surface area contributed by atoms with Gasteiger partial charge < -0.3 is 24.4 Å². The lowest BCUT2D eigenvalue weighted by Crippen LogP contribution is -2.42. The van der Waals surface area contributed by atoms with Gasteiger partial charge in [-0.05, 0) is 62.6 Å². The predicted octanol–water partition coefficient (Wildman–Crippen LogP) is 4.05. The smallest absolute Gasteiger partial charge is 0.310 e. The quantitative estimate of drug-likeness (QED) is 0.443. The molecule has 0 radical (unpaired) electrons. The Hall–Kier alpha value is -4.34. The molecule has 1 atom stereocenters. The van der Waals surface area contributed by atoms with E-state index in [1.807, 2.05) is 19.1 Å². The topological polar surface area (TPSA) is 112 Å². The molecule has 1 fully saturated rings. The second-order valence-corrected chi connectivity index (χ2v) is 9.12. The van der Waals surface area contributed by atoms with Crippen molar-refractivity contribution in [3.63, 3.8) is 0 Å². The van der Waals surface area contributed by atoms with Gasteiger partial charge in [-0.2, -0.15) is 5.10 Å². The molecule has 1 aliphatic heterocycles. The first-order valence-corrected chi connectivity index (χ1v) is 12.5. The number of hydrogen-bond acceptors (Lipinski definition) is 8. The molecule has 4 rings (SSSR count). The largest absolute Gasteiger partial charge is 0.493 e. The molecule has 1 saturated heterocycles. The second kappa shape index (κ2) is 11.8. The number of ether oxygens (including phenoxy) is 3. The molecule has 10 heteroatoms. The van der Waals surface area contributed by atoms with E-state index >= 15 is 0 Å². The predicted molar refractivity (Wildman–Crippen MR) is 142 cm³/mol. The molecule has 1 unspecified atom stereocenters. The molecule has 1 amide bonds. The summed E-state index contributed by atoms with van der Waals surface area (Å²) in [5.41, 5.74) is 1.72. The number of aryl methyl sites for hydroxylation is 2. The van der Waals surface area contributed by atoms with E-state index in [-0.39, 0.29) is 29.2 Å². The molecule has 200 valence electrons. The lowest BCUT2D eigenvalue weighted by molar-refractivity contribution is -0.149. The van der Waals surface area contributed by atoms with E-state index in [0.717, 1.165) is 12.0 Å². The zero-order valence-corrected chi connectivity index (χ0v) is 22.0. The Morgan fingerprint density at radius 3 is 2.71 bits per heavy atom. The molecule has 0 aliphatic carbocycles. The van der Waals surface area contributed by atoms with Crippen LogP contribution in [-0.4, -0.2) is 53.4 Å². The number of aromatic nitrogens is 2. The molecule has 1 aliphatic rings. The Labute approximate surface area is 221 Å². The van der Waals surface area contributed by atoms with Crippen LogP contribution in [0.4, 0.5) is 11.4 Å². The Morgan fingerprint density at radius 2 is 1.95 bits per heavy atom. The Morgan fingerprint density at radius 1 is 1.13 bits per heavy atom. The molecule has 0 bridgehead atoms. The van der Waals surface area contributed by atoms with Crippen LogP contribution in [0.25, 0.3) is 0 Å². The van der Waals surface area contributed by atoms with E-state index < -0.39 is 5.56 Å². The SMILES string of the molecule is CCOC(=O)C1CCCN(C(=O)c2cccc(Nc3c(Oc4ccc(C)cc4OC)cnn(C)c3=O)c2)C1. The number of rotatable bonds is 8. The highest BCUT2D eigenvalue weighted by atomic mass is 16.5. The molecular formula is C28H32N4O6. The Kier molecular flexibility index (Phi) is 8.30. The highest BCUT2D eigenvalue weighted by Crippen LogP contribution is 2.35. The summed E-state index contributed by atoms with van der Waals surface area (Å²) in [4.78, 5) is 40.2. The van der Waals surface area contributed by atoms with Gasteiger partial charge in [-0.25, -0.2) is 4.68 Å². The van der Waals surface area contributed by atoms with Crippen LogP contribution in [0.15, 0.2) is 53.5 Å². The zero-order valence-electron chi connectivity index (χ0n) is 22.0. The average Bonchev–Trinajstić information content (AvgIpc) is 2.93. The summed E-state index contributed by atoms with van der Waals surface area (Å²) < 4.78 is 17.8. The maximum atomic E-state index is 13.3. The summed E-state index contributed by atoms with van der Waals surface area (Å²) in [7, 11) is 3.09. The monoisotopic (exact) mass is 520 g/mol. The third-order valence-electron chi connectivity index (χ3n) is 6.35. The number of hydrogen-bond donors (Lipinski definition) is 1. The van der Waals surface area contributed by atoms with Crippen molar-refractivity contribution in [1.82, 2.24) is 14.7 Å². The minimum Gasteiger partial charge on any atom is -0.493 e. The third-order valence-corrected chi connectivity index (χ3v) is 6.35. The van der Waals surface area contributed by atoms with E-state index in [4.69, 9.17) is 14.2 Å². The van der Waals surface area contributed by atoms with Gasteiger partial charge in [0.25, 0.3) is 11.5 Å². The van der Waals surface area contributed by atoms with Crippen LogP contribution in [-0.2, 0) is 16.6 Å². The van der Waals surface area contributed by atoms with Gasteiger partial charge in [0.2, 0.25) is 0 Å². The van der Waals surface area contributed by atoms with Crippen molar-refractivity contribution in [3.05, 3.63) is 70.1 Å². The van der Waals surface area contributed by atoms with Gasteiger partial charge in [-0.3, -0.25) is 14.4 Å². The Bertz CT molecular complexity index is 1390. The summed E-state index contributed by atoms with van der Waals surface area (Å²) in [6, 6.07) is 12.3. The molecule has 1 N–H and O–H groups in total. The minimum atomic E-state index is -0.404. The van der Waals surface area contributed by atoms with Crippen LogP contribution < -0.4 is 20.3 Å². The lowest BCUT2D eigenvalue weighted by atomic mass is 9.97. The van der Waals surface area contributed by atoms with Crippen molar-refractivity contribution in [2.45, 2.75) is 26.7 Å². The van der Waals surface area contributed by atoms with Crippen molar-refractivity contribution >= 4 is 23.3 Å². The van der Waals surface area contributed by atoms with Gasteiger partial charge in [-0.1, -0.05) is 12.1 Å². The van der Waals surface area contributed by atoms with Crippen LogP contribution in [0.1, 0.15) is 35.7 Å². The number of carbonyl (C=O) groups excluding carboxylic acids is 2. The van der Waals surface area contributed by atoms with Crippen LogP contribution in [0, 0.1) is 12.8 Å². The highest BCUT2D eigenvalue weighted by Gasteiger charge is 2.30. The standard InChI is InChI=1S/C28H32N4O6/c1-5-37-28(35)20-9-7-13-32(17-20)26(33)19-8-6-10-21(15-19)30-25-24(16-29-31(3)27(25)34)38-22-12-11-18(2)14-23(22)36-4/h6,8,10-12,14-16,20,30H,5,7,9,13,17H2,1-4H3. The number of anilines is 2. The molecule has 2 aromatic carbocycles. The first-order chi connectivity index (χ1) is 18.3. The fourth-order valence-electron chi connectivity index (χ4n) is 4.36. The van der Waals surface area contributed by atoms with Crippen molar-refractivity contribution in [2.75, 3.05) is 32.1 Å². The van der Waals surface area contributed by atoms with Crippen molar-refractivity contribution in [2.24, 2.45) is 13.0 Å². The van der Waals surface area contributed by atoms with Crippen LogP contribution in [0.3, 0.4) is 0 Å². The van der Waals surface area contributed by atoms with E-state index in [0.29, 0.717) is 48.9 Å². The molecule has 0 saturated carbocycles. The van der Waals surface area contributed by atoms with E-state index in [9.17, 15) is 14.4 Å². The third kappa shape index (κ3) is 5.96. The van der Waals surface area contributed by atoms with Crippen LogP contribution >= 0.6 is 0 Å². The van der Waals surface area contributed by atoms with Crippen LogP contribution in [0.5, 0.6) is 17.2 Å². The normalized spacial score (nSPS) is 15.1. The number of esters is 1. The van der Waals surface area contributed by atoms with Gasteiger partial charge in [0, 0.05) is 31.4 Å².